The molecule has 2 aromatic rings. The number of benzene rings is 2. The number of ketones is 1. The molecule has 0 radical (unpaired) electrons. The largest absolute Gasteiger partial charge is 0.497 e. The zero-order valence-corrected chi connectivity index (χ0v) is 14.5. The van der Waals surface area contributed by atoms with Crippen LogP contribution in [0, 0.1) is 0 Å². The lowest BCUT2D eigenvalue weighted by Crippen LogP contribution is -2.05. The fraction of sp³-hybridized carbons (Fsp3) is 0.0526. The lowest BCUT2D eigenvalue weighted by atomic mass is 10.1. The summed E-state index contributed by atoms with van der Waals surface area (Å²) >= 11 is 3.36. The number of halogens is 1. The minimum absolute atomic E-state index is 0.244. The zero-order chi connectivity index (χ0) is 17.1. The first-order chi connectivity index (χ1) is 11.6. The molecular weight excluding hydrogens is 370 g/mol. The molecule has 0 spiro atoms. The smallest absolute Gasteiger partial charge is 0.256 e. The van der Waals surface area contributed by atoms with Crippen LogP contribution in [0.4, 0.5) is 5.69 Å². The summed E-state index contributed by atoms with van der Waals surface area (Å²) in [6.45, 7) is 0. The summed E-state index contributed by atoms with van der Waals surface area (Å²) in [6, 6.07) is 12.8. The predicted octanol–water partition coefficient (Wildman–Crippen LogP) is 4.08. The second-order valence-corrected chi connectivity index (χ2v) is 6.13. The van der Waals surface area contributed by atoms with Crippen LogP contribution in [0.1, 0.15) is 11.1 Å². The van der Waals surface area contributed by atoms with Crippen molar-refractivity contribution in [3.63, 3.8) is 0 Å². The average Bonchev–Trinajstić information content (AvgIpc) is 2.88. The summed E-state index contributed by atoms with van der Waals surface area (Å²) < 4.78 is 5.96. The molecule has 4 nitrogen and oxygen atoms in total. The number of rotatable bonds is 4. The minimum atomic E-state index is -0.269. The van der Waals surface area contributed by atoms with Gasteiger partial charge in [0.2, 0.25) is 0 Å². The normalized spacial score (nSPS) is 14.8. The van der Waals surface area contributed by atoms with Crippen LogP contribution >= 0.6 is 15.9 Å². The molecule has 0 atom stereocenters. The van der Waals surface area contributed by atoms with Gasteiger partial charge in [-0.2, -0.15) is 0 Å². The average molecular weight is 384 g/mol. The van der Waals surface area contributed by atoms with Crippen LogP contribution in [0.5, 0.6) is 5.75 Å². The van der Waals surface area contributed by atoms with Crippen molar-refractivity contribution in [2.24, 2.45) is 0 Å². The van der Waals surface area contributed by atoms with E-state index in [2.05, 4.69) is 21.2 Å². The number of nitrogens with one attached hydrogen (secondary N) is 1. The molecule has 1 N–H and O–H groups in total. The molecule has 0 unspecified atom stereocenters. The highest BCUT2D eigenvalue weighted by atomic mass is 79.9. The van der Waals surface area contributed by atoms with Gasteiger partial charge in [-0.3, -0.25) is 9.59 Å². The number of methoxy groups -OCH3 is 1. The van der Waals surface area contributed by atoms with E-state index in [1.165, 1.54) is 12.2 Å². The maximum absolute atomic E-state index is 12.1. The highest BCUT2D eigenvalue weighted by Crippen LogP contribution is 2.33. The summed E-state index contributed by atoms with van der Waals surface area (Å²) in [5.41, 5.74) is 2.69. The molecular formula is C19H14BrNO3. The molecule has 1 heterocycles. The van der Waals surface area contributed by atoms with Gasteiger partial charge in [-0.05, 0) is 42.0 Å². The fourth-order valence-corrected chi connectivity index (χ4v) is 2.75. The molecule has 0 saturated heterocycles. The van der Waals surface area contributed by atoms with Crippen LogP contribution < -0.4 is 10.1 Å². The van der Waals surface area contributed by atoms with Crippen molar-refractivity contribution in [2.75, 3.05) is 12.4 Å². The topological polar surface area (TPSA) is 55.4 Å². The molecule has 0 aliphatic carbocycles. The summed E-state index contributed by atoms with van der Waals surface area (Å²) in [7, 11) is 1.60. The molecule has 2 aromatic carbocycles. The molecule has 5 heteroatoms. The van der Waals surface area contributed by atoms with Gasteiger partial charge >= 0.3 is 0 Å². The zero-order valence-electron chi connectivity index (χ0n) is 12.9. The Morgan fingerprint density at radius 3 is 2.62 bits per heavy atom. The quantitative estimate of drug-likeness (QED) is 0.809. The van der Waals surface area contributed by atoms with Crippen LogP contribution in [-0.4, -0.2) is 18.8 Å². The predicted molar refractivity (Wildman–Crippen MR) is 97.8 cm³/mol. The van der Waals surface area contributed by atoms with Gasteiger partial charge in [0, 0.05) is 10.0 Å². The van der Waals surface area contributed by atoms with Crippen LogP contribution in [0.25, 0.3) is 11.6 Å². The molecule has 3 rings (SSSR count). The number of anilines is 1. The van der Waals surface area contributed by atoms with Crippen molar-refractivity contribution >= 4 is 45.0 Å². The SMILES string of the molecule is COc1ccc(/C=C/C(=O)/C=C2/C(=O)Nc3cc(Br)ccc32)cc1. The Labute approximate surface area is 148 Å². The molecule has 1 aliphatic rings. The molecule has 1 aliphatic heterocycles. The Morgan fingerprint density at radius 1 is 1.17 bits per heavy atom. The summed E-state index contributed by atoms with van der Waals surface area (Å²) in [6.07, 6.45) is 4.50. The van der Waals surface area contributed by atoms with Gasteiger partial charge in [0.25, 0.3) is 5.91 Å². The Bertz CT molecular complexity index is 867. The standard InChI is InChI=1S/C19H14BrNO3/c1-24-15-7-3-12(4-8-15)2-6-14(22)11-17-16-9-5-13(20)10-18(16)21-19(17)23/h2-11H,1H3,(H,21,23)/b6-2+,17-11+. The number of carbonyl (C=O) groups excluding carboxylic acids is 2. The van der Waals surface area contributed by atoms with Crippen molar-refractivity contribution in [3.05, 3.63) is 70.2 Å². The monoisotopic (exact) mass is 383 g/mol. The van der Waals surface area contributed by atoms with E-state index in [9.17, 15) is 9.59 Å². The number of hydrogen-bond donors (Lipinski definition) is 1. The van der Waals surface area contributed by atoms with Gasteiger partial charge in [-0.25, -0.2) is 0 Å². The third-order valence-corrected chi connectivity index (χ3v) is 4.10. The third kappa shape index (κ3) is 3.46. The van der Waals surface area contributed by atoms with Crippen LogP contribution in [0.2, 0.25) is 0 Å². The van der Waals surface area contributed by atoms with Crippen molar-refractivity contribution in [1.82, 2.24) is 0 Å². The van der Waals surface area contributed by atoms with Crippen molar-refractivity contribution in [1.29, 1.82) is 0 Å². The van der Waals surface area contributed by atoms with Gasteiger partial charge in [-0.1, -0.05) is 40.2 Å². The van der Waals surface area contributed by atoms with E-state index in [4.69, 9.17) is 4.74 Å². The number of allylic oxidation sites excluding steroid dienone is 2. The lowest BCUT2D eigenvalue weighted by molar-refractivity contribution is -0.112. The molecule has 0 bridgehead atoms. The first kappa shape index (κ1) is 16.2. The summed E-state index contributed by atoms with van der Waals surface area (Å²) in [4.78, 5) is 24.2. The molecule has 24 heavy (non-hydrogen) atoms. The van der Waals surface area contributed by atoms with Crippen LogP contribution in [0.3, 0.4) is 0 Å². The van der Waals surface area contributed by atoms with Gasteiger partial charge in [-0.15, -0.1) is 0 Å². The highest BCUT2D eigenvalue weighted by Gasteiger charge is 2.24. The first-order valence-electron chi connectivity index (χ1n) is 7.26. The van der Waals surface area contributed by atoms with E-state index in [1.54, 1.807) is 13.2 Å². The Hall–Kier alpha value is -2.66. The van der Waals surface area contributed by atoms with E-state index in [0.717, 1.165) is 21.3 Å². The summed E-state index contributed by atoms with van der Waals surface area (Å²) in [5.74, 6) is 0.243. The van der Waals surface area contributed by atoms with E-state index < -0.39 is 0 Å². The Morgan fingerprint density at radius 2 is 1.92 bits per heavy atom. The Balaban J connectivity index is 1.80. The van der Waals surface area contributed by atoms with Gasteiger partial charge in [0.15, 0.2) is 5.78 Å². The maximum atomic E-state index is 12.1. The molecule has 0 fully saturated rings. The number of amides is 1. The van der Waals surface area contributed by atoms with E-state index in [-0.39, 0.29) is 11.7 Å². The molecule has 0 saturated carbocycles. The van der Waals surface area contributed by atoms with Gasteiger partial charge in [0.05, 0.1) is 18.4 Å². The van der Waals surface area contributed by atoms with E-state index >= 15 is 0 Å². The first-order valence-corrected chi connectivity index (χ1v) is 8.05. The lowest BCUT2D eigenvalue weighted by Gasteiger charge is -1.99. The number of hydrogen-bond acceptors (Lipinski definition) is 3. The highest BCUT2D eigenvalue weighted by molar-refractivity contribution is 9.10. The second kappa shape index (κ2) is 6.84. The second-order valence-electron chi connectivity index (χ2n) is 5.21. The number of fused-ring (bicyclic) bond motifs is 1. The molecule has 0 aromatic heterocycles. The number of ether oxygens (including phenoxy) is 1. The van der Waals surface area contributed by atoms with Crippen LogP contribution in [0.15, 0.2) is 59.1 Å². The Kier molecular flexibility index (Phi) is 4.62. The maximum Gasteiger partial charge on any atom is 0.256 e. The fourth-order valence-electron chi connectivity index (χ4n) is 2.39. The van der Waals surface area contributed by atoms with Crippen molar-refractivity contribution < 1.29 is 14.3 Å². The van der Waals surface area contributed by atoms with E-state index in [1.807, 2.05) is 42.5 Å². The molecule has 120 valence electrons. The van der Waals surface area contributed by atoms with Crippen LogP contribution in [-0.2, 0) is 9.59 Å². The van der Waals surface area contributed by atoms with Gasteiger partial charge in [0.1, 0.15) is 5.75 Å². The van der Waals surface area contributed by atoms with Crippen molar-refractivity contribution in [2.45, 2.75) is 0 Å². The third-order valence-electron chi connectivity index (χ3n) is 3.61. The van der Waals surface area contributed by atoms with Crippen molar-refractivity contribution in [3.8, 4) is 5.75 Å². The van der Waals surface area contributed by atoms with E-state index in [0.29, 0.717) is 11.3 Å². The minimum Gasteiger partial charge on any atom is -0.497 e. The molecule has 1 amide bonds. The van der Waals surface area contributed by atoms with Gasteiger partial charge < -0.3 is 10.1 Å². The number of carbonyl (C=O) groups is 2. The summed E-state index contributed by atoms with van der Waals surface area (Å²) in [5, 5.41) is 2.75.